The molecule has 0 atom stereocenters. The molecule has 0 radical (unpaired) electrons. The third-order valence-electron chi connectivity index (χ3n) is 5.32. The summed E-state index contributed by atoms with van der Waals surface area (Å²) in [7, 11) is -0.313. The van der Waals surface area contributed by atoms with Crippen molar-refractivity contribution in [2.75, 3.05) is 32.5 Å². The molecule has 2 aliphatic rings. The molecule has 0 spiro atoms. The predicted molar refractivity (Wildman–Crippen MR) is 117 cm³/mol. The van der Waals surface area contributed by atoms with Gasteiger partial charge in [0.25, 0.3) is 10.2 Å². The Bertz CT molecular complexity index is 1090. The van der Waals surface area contributed by atoms with E-state index in [1.807, 2.05) is 0 Å². The minimum atomic E-state index is -3.39. The van der Waals surface area contributed by atoms with E-state index in [4.69, 9.17) is 0 Å². The quantitative estimate of drug-likeness (QED) is 0.623. The molecule has 2 aromatic rings. The smallest absolute Gasteiger partial charge is 0.279 e. The number of nitrogens with one attached hydrogen (secondary N) is 2. The van der Waals surface area contributed by atoms with Gasteiger partial charge in [0.2, 0.25) is 0 Å². The van der Waals surface area contributed by atoms with Crippen LogP contribution in [0, 0.1) is 11.3 Å². The fourth-order valence-electron chi connectivity index (χ4n) is 3.61. The summed E-state index contributed by atoms with van der Waals surface area (Å²) in [6.07, 6.45) is 3.23. The van der Waals surface area contributed by atoms with Gasteiger partial charge >= 0.3 is 0 Å². The largest absolute Gasteiger partial charge is 0.338 e. The molecule has 10 heteroatoms. The van der Waals surface area contributed by atoms with Crippen molar-refractivity contribution in [3.05, 3.63) is 41.6 Å². The van der Waals surface area contributed by atoms with Crippen molar-refractivity contribution in [2.24, 2.45) is 0 Å². The van der Waals surface area contributed by atoms with Crippen molar-refractivity contribution in [2.45, 2.75) is 35.2 Å². The Morgan fingerprint density at radius 3 is 2.80 bits per heavy atom. The average molecular weight is 445 g/mol. The van der Waals surface area contributed by atoms with E-state index in [0.29, 0.717) is 5.56 Å². The van der Waals surface area contributed by atoms with Crippen LogP contribution in [0.3, 0.4) is 0 Å². The first-order chi connectivity index (χ1) is 14.4. The second-order valence-electron chi connectivity index (χ2n) is 7.66. The Morgan fingerprint density at radius 2 is 2.10 bits per heavy atom. The molecule has 3 heterocycles. The molecule has 30 heavy (non-hydrogen) atoms. The van der Waals surface area contributed by atoms with Crippen LogP contribution in [0.2, 0.25) is 0 Å². The highest BCUT2D eigenvalue weighted by Gasteiger charge is 2.25. The molecule has 1 fully saturated rings. The lowest BCUT2D eigenvalue weighted by Crippen LogP contribution is -2.47. The first kappa shape index (κ1) is 21.1. The normalized spacial score (nSPS) is 17.1. The Hall–Kier alpha value is -2.16. The number of anilines is 2. The summed E-state index contributed by atoms with van der Waals surface area (Å²) >= 11 is 1.57. The number of piperidine rings is 1. The SMILES string of the molecule is CN(C)S(=O)(=O)NC1CCN(Cc2ccc3c(c2)Nc2nccc(C#N)c2S3)CC1. The van der Waals surface area contributed by atoms with Gasteiger partial charge in [-0.05, 0) is 36.6 Å². The van der Waals surface area contributed by atoms with Gasteiger partial charge in [-0.15, -0.1) is 0 Å². The molecule has 1 aromatic carbocycles. The number of pyridine rings is 1. The molecular weight excluding hydrogens is 420 g/mol. The van der Waals surface area contributed by atoms with Gasteiger partial charge in [-0.2, -0.15) is 22.7 Å². The second kappa shape index (κ2) is 8.53. The molecule has 4 rings (SSSR count). The van der Waals surface area contributed by atoms with Crippen LogP contribution in [-0.2, 0) is 16.8 Å². The van der Waals surface area contributed by atoms with E-state index in [-0.39, 0.29) is 6.04 Å². The number of aromatic nitrogens is 1. The second-order valence-corrected chi connectivity index (χ2v) is 10.6. The van der Waals surface area contributed by atoms with E-state index < -0.39 is 10.2 Å². The lowest BCUT2D eigenvalue weighted by atomic mass is 10.1. The zero-order chi connectivity index (χ0) is 21.3. The van der Waals surface area contributed by atoms with Crippen LogP contribution in [0.4, 0.5) is 11.5 Å². The lowest BCUT2D eigenvalue weighted by Gasteiger charge is -2.33. The summed E-state index contributed by atoms with van der Waals surface area (Å²) in [5.41, 5.74) is 2.82. The fraction of sp³-hybridized carbons (Fsp3) is 0.400. The molecule has 0 aliphatic carbocycles. The van der Waals surface area contributed by atoms with E-state index in [0.717, 1.165) is 53.8 Å². The summed E-state index contributed by atoms with van der Waals surface area (Å²) in [6.45, 7) is 2.50. The zero-order valence-corrected chi connectivity index (χ0v) is 18.6. The molecule has 0 unspecified atom stereocenters. The van der Waals surface area contributed by atoms with Crippen molar-refractivity contribution in [3.8, 4) is 6.07 Å². The van der Waals surface area contributed by atoms with E-state index in [2.05, 4.69) is 44.2 Å². The number of rotatable bonds is 5. The monoisotopic (exact) mass is 444 g/mol. The maximum Gasteiger partial charge on any atom is 0.279 e. The van der Waals surface area contributed by atoms with Gasteiger partial charge in [0.15, 0.2) is 0 Å². The highest BCUT2D eigenvalue weighted by Crippen LogP contribution is 2.44. The van der Waals surface area contributed by atoms with E-state index in [9.17, 15) is 13.7 Å². The van der Waals surface area contributed by atoms with Crippen LogP contribution in [0.1, 0.15) is 24.0 Å². The number of hydrogen-bond acceptors (Lipinski definition) is 7. The zero-order valence-electron chi connectivity index (χ0n) is 16.9. The number of fused-ring (bicyclic) bond motifs is 2. The van der Waals surface area contributed by atoms with E-state index in [1.54, 1.807) is 24.0 Å². The van der Waals surface area contributed by atoms with Gasteiger partial charge in [0.1, 0.15) is 11.9 Å². The highest BCUT2D eigenvalue weighted by molar-refractivity contribution is 7.99. The van der Waals surface area contributed by atoms with Crippen LogP contribution in [0.5, 0.6) is 0 Å². The van der Waals surface area contributed by atoms with Crippen molar-refractivity contribution in [1.29, 1.82) is 5.26 Å². The molecule has 1 aromatic heterocycles. The average Bonchev–Trinajstić information content (AvgIpc) is 2.73. The number of likely N-dealkylation sites (tertiary alicyclic amines) is 1. The van der Waals surface area contributed by atoms with Gasteiger partial charge in [-0.25, -0.2) is 4.98 Å². The first-order valence-corrected chi connectivity index (χ1v) is 12.0. The van der Waals surface area contributed by atoms with Crippen LogP contribution < -0.4 is 10.0 Å². The number of nitriles is 1. The topological polar surface area (TPSA) is 101 Å². The number of hydrogen-bond donors (Lipinski definition) is 2. The molecule has 8 nitrogen and oxygen atoms in total. The van der Waals surface area contributed by atoms with Gasteiger partial charge in [-0.1, -0.05) is 17.8 Å². The van der Waals surface area contributed by atoms with Crippen molar-refractivity contribution in [1.82, 2.24) is 18.9 Å². The molecule has 158 valence electrons. The summed E-state index contributed by atoms with van der Waals surface area (Å²) < 4.78 is 28.0. The predicted octanol–water partition coefficient (Wildman–Crippen LogP) is 2.52. The Balaban J connectivity index is 1.38. The molecule has 2 aliphatic heterocycles. The highest BCUT2D eigenvalue weighted by atomic mass is 32.2. The van der Waals surface area contributed by atoms with Crippen molar-refractivity contribution in [3.63, 3.8) is 0 Å². The van der Waals surface area contributed by atoms with Crippen molar-refractivity contribution < 1.29 is 8.42 Å². The van der Waals surface area contributed by atoms with Crippen LogP contribution in [-0.4, -0.2) is 55.8 Å². The van der Waals surface area contributed by atoms with E-state index in [1.165, 1.54) is 24.0 Å². The molecule has 0 amide bonds. The maximum absolute atomic E-state index is 12.0. The molecule has 2 N–H and O–H groups in total. The minimum absolute atomic E-state index is 0.0212. The summed E-state index contributed by atoms with van der Waals surface area (Å²) in [5, 5.41) is 12.7. The molecule has 1 saturated heterocycles. The molecular formula is C20H24N6O2S2. The number of benzene rings is 1. The maximum atomic E-state index is 12.0. The van der Waals surface area contributed by atoms with Gasteiger partial charge in [0, 0.05) is 50.9 Å². The van der Waals surface area contributed by atoms with Gasteiger partial charge in [0.05, 0.1) is 16.1 Å². The van der Waals surface area contributed by atoms with Crippen LogP contribution in [0.15, 0.2) is 40.3 Å². The first-order valence-electron chi connectivity index (χ1n) is 9.75. The van der Waals surface area contributed by atoms with Crippen molar-refractivity contribution >= 4 is 33.5 Å². The lowest BCUT2D eigenvalue weighted by molar-refractivity contribution is 0.199. The number of nitrogens with zero attached hydrogens (tertiary/aromatic N) is 4. The van der Waals surface area contributed by atoms with Gasteiger partial charge in [-0.3, -0.25) is 4.90 Å². The van der Waals surface area contributed by atoms with Crippen LogP contribution >= 0.6 is 11.8 Å². The minimum Gasteiger partial charge on any atom is -0.338 e. The summed E-state index contributed by atoms with van der Waals surface area (Å²) in [4.78, 5) is 8.65. The van der Waals surface area contributed by atoms with E-state index >= 15 is 0 Å². The summed E-state index contributed by atoms with van der Waals surface area (Å²) in [5.74, 6) is 0.720. The Labute approximate surface area is 181 Å². The third kappa shape index (κ3) is 4.45. The standard InChI is InChI=1S/C20H24N6O2S2/c1-25(2)30(27,28)24-16-6-9-26(10-7-16)13-14-3-4-18-17(11-14)23-20-19(29-18)15(12-21)5-8-22-20/h3-5,8,11,16,24H,6-7,9-10,13H2,1-2H3,(H,22,23). The molecule has 0 bridgehead atoms. The third-order valence-corrected chi connectivity index (χ3v) is 8.11. The Kier molecular flexibility index (Phi) is 5.99. The van der Waals surface area contributed by atoms with Gasteiger partial charge < -0.3 is 5.32 Å². The molecule has 0 saturated carbocycles. The Morgan fingerprint density at radius 1 is 1.33 bits per heavy atom. The summed E-state index contributed by atoms with van der Waals surface area (Å²) in [6, 6.07) is 10.3. The van der Waals surface area contributed by atoms with Crippen LogP contribution in [0.25, 0.3) is 0 Å². The fourth-order valence-corrected chi connectivity index (χ4v) is 5.48.